The number of nitrogen functional groups attached to an aromatic ring is 1. The summed E-state index contributed by atoms with van der Waals surface area (Å²) in [5.41, 5.74) is 7.81. The normalized spacial score (nSPS) is 12.3. The predicted octanol–water partition coefficient (Wildman–Crippen LogP) is 1.58. The standard InChI is InChI=1S/C19H24N6O3S/c1-5-23(4)18(26)25-14-15(20)21-17(29(28)6-2)22-16(14)24(19(25)27)11-13-9-7-12(3)8-10-13/h7-10H,5-6,11H2,1-4H3,(H2,20,21,22)/t29-/m0/s1. The lowest BCUT2D eigenvalue weighted by Gasteiger charge is -2.14. The molecule has 0 bridgehead atoms. The van der Waals surface area contributed by atoms with Gasteiger partial charge in [0.1, 0.15) is 11.3 Å². The molecule has 2 N–H and O–H groups in total. The minimum atomic E-state index is -1.46. The SMILES string of the molecule is CCN(C)C(=O)n1c(=O)n(Cc2ccc(C)cc2)c2nc([S@@+]([O-])CC)nc(N)c21. The van der Waals surface area contributed by atoms with Crippen LogP contribution in [0.4, 0.5) is 10.6 Å². The Bertz CT molecular complexity index is 1110. The second-order valence-electron chi connectivity index (χ2n) is 6.68. The van der Waals surface area contributed by atoms with Gasteiger partial charge in [0.2, 0.25) is 0 Å². The Morgan fingerprint density at radius 3 is 2.48 bits per heavy atom. The Hall–Kier alpha value is -2.85. The van der Waals surface area contributed by atoms with E-state index in [0.29, 0.717) is 12.3 Å². The molecule has 3 rings (SSSR count). The van der Waals surface area contributed by atoms with Crippen molar-refractivity contribution >= 4 is 34.2 Å². The Morgan fingerprint density at radius 2 is 1.90 bits per heavy atom. The van der Waals surface area contributed by atoms with E-state index in [-0.39, 0.29) is 28.7 Å². The van der Waals surface area contributed by atoms with Gasteiger partial charge in [-0.1, -0.05) is 29.8 Å². The summed E-state index contributed by atoms with van der Waals surface area (Å²) >= 11 is -1.46. The second-order valence-corrected chi connectivity index (χ2v) is 8.32. The van der Waals surface area contributed by atoms with E-state index in [1.807, 2.05) is 31.2 Å². The van der Waals surface area contributed by atoms with Crippen molar-refractivity contribution in [1.82, 2.24) is 24.0 Å². The lowest BCUT2D eigenvalue weighted by atomic mass is 10.1. The van der Waals surface area contributed by atoms with Gasteiger partial charge in [0, 0.05) is 24.8 Å². The monoisotopic (exact) mass is 416 g/mol. The summed E-state index contributed by atoms with van der Waals surface area (Å²) in [6.45, 7) is 6.12. The molecule has 2 aromatic heterocycles. The van der Waals surface area contributed by atoms with Crippen LogP contribution in [0.5, 0.6) is 0 Å². The number of aryl methyl sites for hydroxylation is 1. The third kappa shape index (κ3) is 3.85. The van der Waals surface area contributed by atoms with Crippen LogP contribution in [0.3, 0.4) is 0 Å². The molecule has 0 fully saturated rings. The van der Waals surface area contributed by atoms with Gasteiger partial charge in [0.15, 0.2) is 11.5 Å². The van der Waals surface area contributed by atoms with E-state index in [4.69, 9.17) is 5.73 Å². The summed E-state index contributed by atoms with van der Waals surface area (Å²) in [5, 5.41) is 0.0450. The van der Waals surface area contributed by atoms with Crippen LogP contribution < -0.4 is 11.4 Å². The van der Waals surface area contributed by atoms with E-state index in [1.54, 1.807) is 20.9 Å². The van der Waals surface area contributed by atoms with Crippen LogP contribution in [0.2, 0.25) is 0 Å². The van der Waals surface area contributed by atoms with E-state index in [2.05, 4.69) is 9.97 Å². The van der Waals surface area contributed by atoms with Crippen molar-refractivity contribution < 1.29 is 9.35 Å². The lowest BCUT2D eigenvalue weighted by molar-refractivity contribution is 0.212. The number of fused-ring (bicyclic) bond motifs is 1. The Kier molecular flexibility index (Phi) is 5.94. The number of benzene rings is 1. The first kappa shape index (κ1) is 20.9. The number of hydrogen-bond donors (Lipinski definition) is 1. The first-order valence-corrected chi connectivity index (χ1v) is 10.6. The van der Waals surface area contributed by atoms with Gasteiger partial charge in [0.05, 0.1) is 6.54 Å². The molecule has 154 valence electrons. The zero-order chi connectivity index (χ0) is 21.3. The molecule has 0 unspecified atom stereocenters. The van der Waals surface area contributed by atoms with Gasteiger partial charge in [-0.05, 0) is 26.3 Å². The van der Waals surface area contributed by atoms with Crippen molar-refractivity contribution in [2.24, 2.45) is 0 Å². The smallest absolute Gasteiger partial charge is 0.346 e. The van der Waals surface area contributed by atoms with E-state index in [0.717, 1.165) is 15.7 Å². The highest BCUT2D eigenvalue weighted by Gasteiger charge is 2.27. The van der Waals surface area contributed by atoms with Crippen molar-refractivity contribution in [3.8, 4) is 0 Å². The zero-order valence-electron chi connectivity index (χ0n) is 16.9. The van der Waals surface area contributed by atoms with Crippen molar-refractivity contribution in [2.75, 3.05) is 25.1 Å². The Balaban J connectivity index is 2.28. The van der Waals surface area contributed by atoms with Gasteiger partial charge >= 0.3 is 16.9 Å². The fourth-order valence-corrected chi connectivity index (χ4v) is 3.53. The fraction of sp³-hybridized carbons (Fsp3) is 0.368. The summed E-state index contributed by atoms with van der Waals surface area (Å²) in [7, 11) is 1.59. The predicted molar refractivity (Wildman–Crippen MR) is 113 cm³/mol. The number of nitrogens with two attached hydrogens (primary N) is 1. The summed E-state index contributed by atoms with van der Waals surface area (Å²) in [6, 6.07) is 7.17. The van der Waals surface area contributed by atoms with E-state index in [9.17, 15) is 14.1 Å². The summed E-state index contributed by atoms with van der Waals surface area (Å²) in [5.74, 6) is 0.259. The molecule has 1 amide bonds. The molecule has 29 heavy (non-hydrogen) atoms. The number of amides is 1. The molecular weight excluding hydrogens is 392 g/mol. The van der Waals surface area contributed by atoms with Crippen molar-refractivity contribution in [3.05, 3.63) is 45.9 Å². The van der Waals surface area contributed by atoms with Gasteiger partial charge in [0.25, 0.3) is 0 Å². The van der Waals surface area contributed by atoms with Crippen LogP contribution in [0, 0.1) is 6.92 Å². The maximum atomic E-state index is 13.2. The quantitative estimate of drug-likeness (QED) is 0.498. The highest BCUT2D eigenvalue weighted by molar-refractivity contribution is 7.91. The van der Waals surface area contributed by atoms with Crippen LogP contribution in [0.15, 0.2) is 34.2 Å². The molecule has 0 radical (unpaired) electrons. The molecule has 10 heteroatoms. The summed E-state index contributed by atoms with van der Waals surface area (Å²) < 4.78 is 14.6. The van der Waals surface area contributed by atoms with Gasteiger partial charge in [-0.25, -0.2) is 14.2 Å². The van der Waals surface area contributed by atoms with Gasteiger partial charge in [-0.2, -0.15) is 9.97 Å². The molecule has 1 aromatic carbocycles. The van der Waals surface area contributed by atoms with Gasteiger partial charge in [-0.3, -0.25) is 4.57 Å². The molecule has 1 atom stereocenters. The Morgan fingerprint density at radius 1 is 1.24 bits per heavy atom. The molecule has 0 aliphatic rings. The number of imidazole rings is 1. The maximum Gasteiger partial charge on any atom is 0.346 e. The molecular formula is C19H24N6O3S. The largest absolute Gasteiger partial charge is 0.609 e. The van der Waals surface area contributed by atoms with Gasteiger partial charge < -0.3 is 15.2 Å². The molecule has 0 saturated carbocycles. The number of anilines is 1. The summed E-state index contributed by atoms with van der Waals surface area (Å²) in [4.78, 5) is 35.9. The number of carbonyl (C=O) groups is 1. The Labute approximate surface area is 171 Å². The number of aromatic nitrogens is 4. The summed E-state index contributed by atoms with van der Waals surface area (Å²) in [6.07, 6.45) is 0. The van der Waals surface area contributed by atoms with E-state index >= 15 is 0 Å². The maximum absolute atomic E-state index is 13.2. The minimum absolute atomic E-state index is 0.0450. The fourth-order valence-electron chi connectivity index (χ4n) is 2.88. The number of nitrogens with zero attached hydrogens (tertiary/aromatic N) is 5. The van der Waals surface area contributed by atoms with Crippen molar-refractivity contribution in [1.29, 1.82) is 0 Å². The molecule has 0 aliphatic carbocycles. The third-order valence-corrected chi connectivity index (χ3v) is 5.81. The minimum Gasteiger partial charge on any atom is -0.609 e. The highest BCUT2D eigenvalue weighted by Crippen LogP contribution is 2.21. The van der Waals surface area contributed by atoms with Crippen molar-refractivity contribution in [2.45, 2.75) is 32.5 Å². The van der Waals surface area contributed by atoms with E-state index in [1.165, 1.54) is 9.47 Å². The number of carbonyl (C=O) groups excluding carboxylic acids is 1. The average Bonchev–Trinajstić information content (AvgIpc) is 2.99. The molecule has 0 spiro atoms. The average molecular weight is 417 g/mol. The van der Waals surface area contributed by atoms with Crippen LogP contribution >= 0.6 is 0 Å². The molecule has 2 heterocycles. The van der Waals surface area contributed by atoms with Gasteiger partial charge in [-0.15, -0.1) is 0 Å². The van der Waals surface area contributed by atoms with E-state index < -0.39 is 22.9 Å². The topological polar surface area (TPSA) is 122 Å². The molecule has 0 aliphatic heterocycles. The zero-order valence-corrected chi connectivity index (χ0v) is 17.7. The first-order valence-electron chi connectivity index (χ1n) is 9.26. The first-order chi connectivity index (χ1) is 13.8. The number of rotatable bonds is 5. The molecule has 9 nitrogen and oxygen atoms in total. The van der Waals surface area contributed by atoms with Crippen LogP contribution in [0.25, 0.3) is 11.2 Å². The highest BCUT2D eigenvalue weighted by atomic mass is 32.2. The lowest BCUT2D eigenvalue weighted by Crippen LogP contribution is -2.38. The third-order valence-electron chi connectivity index (χ3n) is 4.69. The van der Waals surface area contributed by atoms with Crippen LogP contribution in [-0.2, 0) is 17.7 Å². The second kappa shape index (κ2) is 8.26. The van der Waals surface area contributed by atoms with Crippen LogP contribution in [0.1, 0.15) is 25.0 Å². The van der Waals surface area contributed by atoms with Crippen LogP contribution in [-0.4, -0.2) is 53.9 Å². The molecule has 3 aromatic rings. The number of hydrogen-bond acceptors (Lipinski definition) is 6. The van der Waals surface area contributed by atoms with Crippen molar-refractivity contribution in [3.63, 3.8) is 0 Å². The molecule has 0 saturated heterocycles.